The van der Waals surface area contributed by atoms with Crippen LogP contribution in [0.2, 0.25) is 0 Å². The van der Waals surface area contributed by atoms with Crippen molar-refractivity contribution in [2.45, 2.75) is 19.8 Å². The molecule has 1 rings (SSSR count). The molecule has 0 saturated heterocycles. The number of carbonyl (C=O) groups excluding carboxylic acids is 1. The second-order valence-electron chi connectivity index (χ2n) is 1.80. The maximum atomic E-state index is 10.2. The normalized spacial score (nSPS) is 18.4. The highest BCUT2D eigenvalue weighted by atomic mass is 16.1. The number of hydrogen-bond acceptors (Lipinski definition) is 1. The van der Waals surface area contributed by atoms with Gasteiger partial charge in [-0.1, -0.05) is 12.5 Å². The fraction of sp³-hybridized carbons (Fsp3) is 0.500. The molecule has 0 bridgehead atoms. The third-order valence-corrected chi connectivity index (χ3v) is 1.22. The Hall–Kier alpha value is -0.590. The smallest absolute Gasteiger partial charge is 0.159 e. The first-order valence-electron chi connectivity index (χ1n) is 2.55. The molecular weight excluding hydrogens is 88.1 g/mol. The van der Waals surface area contributed by atoms with E-state index in [1.807, 2.05) is 0 Å². The van der Waals surface area contributed by atoms with Gasteiger partial charge in [-0.2, -0.15) is 0 Å². The Morgan fingerprint density at radius 1 is 1.86 bits per heavy atom. The van der Waals surface area contributed by atoms with Crippen LogP contribution in [0.1, 0.15) is 19.8 Å². The molecule has 0 saturated carbocycles. The van der Waals surface area contributed by atoms with Crippen LogP contribution in [0, 0.1) is 0 Å². The van der Waals surface area contributed by atoms with Crippen LogP contribution in [-0.4, -0.2) is 5.78 Å². The molecule has 0 atom stereocenters. The summed E-state index contributed by atoms with van der Waals surface area (Å²) in [6.45, 7) is 2.07. The molecule has 0 aliphatic heterocycles. The van der Waals surface area contributed by atoms with Gasteiger partial charge in [-0.25, -0.2) is 0 Å². The second-order valence-corrected chi connectivity index (χ2v) is 1.80. The number of allylic oxidation sites excluding steroid dienone is 2. The van der Waals surface area contributed by atoms with E-state index in [-0.39, 0.29) is 5.78 Å². The number of rotatable bonds is 1. The third kappa shape index (κ3) is 0.710. The first-order chi connectivity index (χ1) is 3.33. The maximum Gasteiger partial charge on any atom is 0.159 e. The van der Waals surface area contributed by atoms with Crippen LogP contribution in [0.3, 0.4) is 0 Å². The lowest BCUT2D eigenvalue weighted by Gasteiger charge is -2.08. The number of carbonyl (C=O) groups is 1. The van der Waals surface area contributed by atoms with E-state index in [4.69, 9.17) is 0 Å². The fourth-order valence-corrected chi connectivity index (χ4v) is 0.649. The Morgan fingerprint density at radius 2 is 2.43 bits per heavy atom. The molecule has 0 N–H and O–H groups in total. The van der Waals surface area contributed by atoms with Gasteiger partial charge < -0.3 is 0 Å². The minimum atomic E-state index is 0.289. The molecule has 1 aliphatic rings. The van der Waals surface area contributed by atoms with Crippen molar-refractivity contribution in [3.8, 4) is 0 Å². The maximum absolute atomic E-state index is 10.2. The van der Waals surface area contributed by atoms with Crippen LogP contribution in [0.15, 0.2) is 11.6 Å². The summed E-state index contributed by atoms with van der Waals surface area (Å²) in [5, 5.41) is 0. The van der Waals surface area contributed by atoms with Crippen LogP contribution in [0.5, 0.6) is 0 Å². The number of hydrogen-bond donors (Lipinski definition) is 0. The second kappa shape index (κ2) is 1.49. The molecule has 1 nitrogen and oxygen atoms in total. The van der Waals surface area contributed by atoms with Gasteiger partial charge in [0.1, 0.15) is 0 Å². The molecular formula is C6H8O. The third-order valence-electron chi connectivity index (χ3n) is 1.22. The van der Waals surface area contributed by atoms with E-state index < -0.39 is 0 Å². The van der Waals surface area contributed by atoms with E-state index in [1.54, 1.807) is 6.08 Å². The predicted octanol–water partition coefficient (Wildman–Crippen LogP) is 1.30. The SMILES string of the molecule is CCC1=CC(=O)C1. The van der Waals surface area contributed by atoms with Crippen molar-refractivity contribution in [2.75, 3.05) is 0 Å². The average Bonchev–Trinajstić information content (AvgIpc) is 1.58. The lowest BCUT2D eigenvalue weighted by molar-refractivity contribution is -0.115. The van der Waals surface area contributed by atoms with Crippen molar-refractivity contribution in [1.82, 2.24) is 0 Å². The minimum Gasteiger partial charge on any atom is -0.295 e. The monoisotopic (exact) mass is 96.1 g/mol. The van der Waals surface area contributed by atoms with Crippen LogP contribution in [0.25, 0.3) is 0 Å². The summed E-state index contributed by atoms with van der Waals surface area (Å²) in [6, 6.07) is 0. The topological polar surface area (TPSA) is 17.1 Å². The average molecular weight is 96.1 g/mol. The molecule has 0 fully saturated rings. The van der Waals surface area contributed by atoms with Gasteiger partial charge in [-0.3, -0.25) is 4.79 Å². The summed E-state index contributed by atoms with van der Waals surface area (Å²) in [6.07, 6.45) is 3.49. The summed E-state index contributed by atoms with van der Waals surface area (Å²) >= 11 is 0. The molecule has 0 spiro atoms. The van der Waals surface area contributed by atoms with E-state index in [0.29, 0.717) is 0 Å². The van der Waals surface area contributed by atoms with E-state index in [2.05, 4.69) is 6.92 Å². The van der Waals surface area contributed by atoms with Gasteiger partial charge in [0.15, 0.2) is 5.78 Å². The molecule has 7 heavy (non-hydrogen) atoms. The molecule has 0 amide bonds. The zero-order chi connectivity index (χ0) is 5.28. The quantitative estimate of drug-likeness (QED) is 0.480. The molecule has 1 aliphatic carbocycles. The van der Waals surface area contributed by atoms with Gasteiger partial charge in [-0.15, -0.1) is 0 Å². The summed E-state index contributed by atoms with van der Waals surface area (Å²) in [5.41, 5.74) is 1.30. The zero-order valence-electron chi connectivity index (χ0n) is 4.40. The van der Waals surface area contributed by atoms with Crippen molar-refractivity contribution in [3.63, 3.8) is 0 Å². The lowest BCUT2D eigenvalue weighted by Crippen LogP contribution is -2.06. The minimum absolute atomic E-state index is 0.289. The first-order valence-corrected chi connectivity index (χ1v) is 2.55. The van der Waals surface area contributed by atoms with Gasteiger partial charge >= 0.3 is 0 Å². The molecule has 0 aromatic rings. The Kier molecular flexibility index (Phi) is 0.970. The van der Waals surface area contributed by atoms with E-state index >= 15 is 0 Å². The van der Waals surface area contributed by atoms with Crippen LogP contribution in [-0.2, 0) is 4.79 Å². The van der Waals surface area contributed by atoms with Gasteiger partial charge in [0, 0.05) is 6.42 Å². The van der Waals surface area contributed by atoms with Crippen LogP contribution >= 0.6 is 0 Å². The lowest BCUT2D eigenvalue weighted by atomic mass is 9.96. The molecule has 0 heterocycles. The summed E-state index contributed by atoms with van der Waals surface area (Å²) < 4.78 is 0. The largest absolute Gasteiger partial charge is 0.295 e. The van der Waals surface area contributed by atoms with Crippen molar-refractivity contribution in [3.05, 3.63) is 11.6 Å². The van der Waals surface area contributed by atoms with Crippen molar-refractivity contribution in [2.24, 2.45) is 0 Å². The van der Waals surface area contributed by atoms with Gasteiger partial charge in [0.05, 0.1) is 0 Å². The molecule has 1 heteroatoms. The highest BCUT2D eigenvalue weighted by molar-refractivity contribution is 5.98. The first kappa shape index (κ1) is 4.57. The fourth-order valence-electron chi connectivity index (χ4n) is 0.649. The predicted molar refractivity (Wildman–Crippen MR) is 28.0 cm³/mol. The zero-order valence-corrected chi connectivity index (χ0v) is 4.40. The number of ketones is 1. The van der Waals surface area contributed by atoms with Crippen LogP contribution < -0.4 is 0 Å². The standard InChI is InChI=1S/C6H8O/c1-2-5-3-6(7)4-5/h3H,2,4H2,1H3. The summed E-state index contributed by atoms with van der Waals surface area (Å²) in [5.74, 6) is 0.289. The van der Waals surface area contributed by atoms with E-state index in [0.717, 1.165) is 12.8 Å². The Balaban J connectivity index is 2.50. The molecule has 0 unspecified atom stereocenters. The summed E-state index contributed by atoms with van der Waals surface area (Å²) in [4.78, 5) is 10.2. The van der Waals surface area contributed by atoms with Crippen molar-refractivity contribution < 1.29 is 4.79 Å². The van der Waals surface area contributed by atoms with E-state index in [9.17, 15) is 4.79 Å². The molecule has 0 aromatic heterocycles. The van der Waals surface area contributed by atoms with E-state index in [1.165, 1.54) is 5.57 Å². The highest BCUT2D eigenvalue weighted by Gasteiger charge is 2.11. The summed E-state index contributed by atoms with van der Waals surface area (Å²) in [7, 11) is 0. The van der Waals surface area contributed by atoms with Gasteiger partial charge in [0.2, 0.25) is 0 Å². The molecule has 0 radical (unpaired) electrons. The van der Waals surface area contributed by atoms with Gasteiger partial charge in [0.25, 0.3) is 0 Å². The Bertz CT molecular complexity index is 122. The highest BCUT2D eigenvalue weighted by Crippen LogP contribution is 2.16. The van der Waals surface area contributed by atoms with Gasteiger partial charge in [-0.05, 0) is 12.5 Å². The molecule has 0 aromatic carbocycles. The van der Waals surface area contributed by atoms with Crippen molar-refractivity contribution >= 4 is 5.78 Å². The Morgan fingerprint density at radius 3 is 2.57 bits per heavy atom. The van der Waals surface area contributed by atoms with Crippen molar-refractivity contribution in [1.29, 1.82) is 0 Å². The Labute approximate surface area is 43.0 Å². The molecule has 38 valence electrons. The van der Waals surface area contributed by atoms with Crippen LogP contribution in [0.4, 0.5) is 0 Å².